The Morgan fingerprint density at radius 3 is 2.78 bits per heavy atom. The molecule has 1 rings (SSSR count). The van der Waals surface area contributed by atoms with E-state index >= 15 is 0 Å². The lowest BCUT2D eigenvalue weighted by Crippen LogP contribution is -2.24. The molecule has 0 spiro atoms. The van der Waals surface area contributed by atoms with Crippen LogP contribution in [0.3, 0.4) is 0 Å². The molecule has 0 atom stereocenters. The maximum Gasteiger partial charge on any atom is 0.303 e. The summed E-state index contributed by atoms with van der Waals surface area (Å²) >= 11 is 0. The second kappa shape index (κ2) is 8.22. The smallest absolute Gasteiger partial charge is 0.303 e. The van der Waals surface area contributed by atoms with Crippen molar-refractivity contribution in [1.82, 2.24) is 10.3 Å². The summed E-state index contributed by atoms with van der Waals surface area (Å²) in [6.07, 6.45) is 6.01. The Balaban J connectivity index is 2.06. The highest BCUT2D eigenvalue weighted by molar-refractivity contribution is 5.76. The molecule has 98 valence electrons. The van der Waals surface area contributed by atoms with Gasteiger partial charge in [-0.3, -0.25) is 14.6 Å². The van der Waals surface area contributed by atoms with Gasteiger partial charge in [-0.2, -0.15) is 0 Å². The molecule has 5 nitrogen and oxygen atoms in total. The fourth-order valence-corrected chi connectivity index (χ4v) is 1.52. The van der Waals surface area contributed by atoms with Crippen molar-refractivity contribution in [2.45, 2.75) is 32.1 Å². The third-order valence-corrected chi connectivity index (χ3v) is 2.50. The number of carbonyl (C=O) groups is 2. The second-order valence-electron chi connectivity index (χ2n) is 4.06. The maximum absolute atomic E-state index is 11.5. The summed E-state index contributed by atoms with van der Waals surface area (Å²) in [4.78, 5) is 25.7. The van der Waals surface area contributed by atoms with E-state index in [0.29, 0.717) is 32.2 Å². The van der Waals surface area contributed by atoms with E-state index in [1.165, 1.54) is 0 Å². The first-order valence-electron chi connectivity index (χ1n) is 6.06. The number of aromatic nitrogens is 1. The van der Waals surface area contributed by atoms with Gasteiger partial charge in [-0.15, -0.1) is 0 Å². The molecule has 0 bridgehead atoms. The predicted molar refractivity (Wildman–Crippen MR) is 67.1 cm³/mol. The van der Waals surface area contributed by atoms with Gasteiger partial charge in [0.25, 0.3) is 0 Å². The lowest BCUT2D eigenvalue weighted by atomic mass is 10.1. The second-order valence-corrected chi connectivity index (χ2v) is 4.06. The van der Waals surface area contributed by atoms with Crippen molar-refractivity contribution in [3.05, 3.63) is 30.1 Å². The van der Waals surface area contributed by atoms with Gasteiger partial charge < -0.3 is 10.4 Å². The van der Waals surface area contributed by atoms with Gasteiger partial charge in [0.15, 0.2) is 0 Å². The third-order valence-electron chi connectivity index (χ3n) is 2.50. The number of nitrogens with zero attached hydrogens (tertiary/aromatic N) is 1. The number of unbranched alkanes of at least 4 members (excludes halogenated alkanes) is 1. The average molecular weight is 250 g/mol. The highest BCUT2D eigenvalue weighted by Crippen LogP contribution is 2.00. The van der Waals surface area contributed by atoms with E-state index in [9.17, 15) is 9.59 Å². The Bertz CT molecular complexity index is 379. The molecule has 0 radical (unpaired) electrons. The summed E-state index contributed by atoms with van der Waals surface area (Å²) < 4.78 is 0. The van der Waals surface area contributed by atoms with Crippen LogP contribution in [0.1, 0.15) is 31.2 Å². The van der Waals surface area contributed by atoms with Crippen LogP contribution in [0.25, 0.3) is 0 Å². The molecule has 0 unspecified atom stereocenters. The Labute approximate surface area is 106 Å². The third kappa shape index (κ3) is 6.62. The molecular weight excluding hydrogens is 232 g/mol. The van der Waals surface area contributed by atoms with Gasteiger partial charge in [0, 0.05) is 31.8 Å². The molecule has 0 aliphatic carbocycles. The number of carboxylic acid groups (broad SMARTS) is 1. The first-order chi connectivity index (χ1) is 8.68. The molecule has 1 amide bonds. The van der Waals surface area contributed by atoms with Crippen molar-refractivity contribution >= 4 is 11.9 Å². The van der Waals surface area contributed by atoms with Crippen LogP contribution in [0.5, 0.6) is 0 Å². The molecule has 0 aliphatic heterocycles. The molecule has 0 saturated heterocycles. The number of amides is 1. The zero-order chi connectivity index (χ0) is 13.2. The molecular formula is C13H18N2O3. The molecule has 2 N–H and O–H groups in total. The number of nitrogens with one attached hydrogen (secondary N) is 1. The van der Waals surface area contributed by atoms with Gasteiger partial charge in [-0.05, 0) is 30.9 Å². The number of hydrogen-bond acceptors (Lipinski definition) is 3. The van der Waals surface area contributed by atoms with Crippen LogP contribution < -0.4 is 5.32 Å². The zero-order valence-corrected chi connectivity index (χ0v) is 10.3. The molecule has 0 saturated carbocycles. The van der Waals surface area contributed by atoms with Gasteiger partial charge in [-0.25, -0.2) is 0 Å². The fourth-order valence-electron chi connectivity index (χ4n) is 1.52. The minimum Gasteiger partial charge on any atom is -0.481 e. The molecule has 0 aliphatic rings. The first kappa shape index (κ1) is 14.2. The van der Waals surface area contributed by atoms with Crippen LogP contribution in [0.4, 0.5) is 0 Å². The number of pyridine rings is 1. The summed E-state index contributed by atoms with van der Waals surface area (Å²) in [5, 5.41) is 11.2. The van der Waals surface area contributed by atoms with Crippen molar-refractivity contribution in [3.63, 3.8) is 0 Å². The molecule has 5 heteroatoms. The highest BCUT2D eigenvalue weighted by atomic mass is 16.4. The Morgan fingerprint density at radius 1 is 1.28 bits per heavy atom. The van der Waals surface area contributed by atoms with E-state index in [1.807, 2.05) is 12.1 Å². The highest BCUT2D eigenvalue weighted by Gasteiger charge is 2.02. The van der Waals surface area contributed by atoms with Crippen LogP contribution in [0, 0.1) is 0 Å². The fraction of sp³-hybridized carbons (Fsp3) is 0.462. The molecule has 1 aromatic rings. The zero-order valence-electron chi connectivity index (χ0n) is 10.3. The van der Waals surface area contributed by atoms with Crippen molar-refractivity contribution in [3.8, 4) is 0 Å². The number of carboxylic acids is 1. The van der Waals surface area contributed by atoms with Crippen LogP contribution >= 0.6 is 0 Å². The Morgan fingerprint density at radius 2 is 2.11 bits per heavy atom. The van der Waals surface area contributed by atoms with E-state index < -0.39 is 5.97 Å². The summed E-state index contributed by atoms with van der Waals surface area (Å²) in [6, 6.07) is 3.78. The van der Waals surface area contributed by atoms with E-state index in [4.69, 9.17) is 5.11 Å². The summed E-state index contributed by atoms with van der Waals surface area (Å²) in [5.41, 5.74) is 1.04. The Hall–Kier alpha value is -1.91. The SMILES string of the molecule is O=C(O)CCCCNC(=O)CCc1cccnc1. The van der Waals surface area contributed by atoms with Crippen molar-refractivity contribution in [1.29, 1.82) is 0 Å². The number of carbonyl (C=O) groups excluding carboxylic acids is 1. The molecule has 0 aromatic carbocycles. The molecule has 1 aromatic heterocycles. The van der Waals surface area contributed by atoms with Gasteiger partial charge in [0.2, 0.25) is 5.91 Å². The lowest BCUT2D eigenvalue weighted by Gasteiger charge is -2.04. The summed E-state index contributed by atoms with van der Waals surface area (Å²) in [5.74, 6) is -0.799. The minimum absolute atomic E-state index is 0.00539. The number of aliphatic carboxylic acids is 1. The number of hydrogen-bond donors (Lipinski definition) is 2. The van der Waals surface area contributed by atoms with E-state index in [-0.39, 0.29) is 12.3 Å². The standard InChI is InChI=1S/C13H18N2O3/c16-12(15-9-2-1-5-13(17)18)7-6-11-4-3-8-14-10-11/h3-4,8,10H,1-2,5-7,9H2,(H,15,16)(H,17,18). The van der Waals surface area contributed by atoms with Crippen LogP contribution in [0.15, 0.2) is 24.5 Å². The summed E-state index contributed by atoms with van der Waals surface area (Å²) in [7, 11) is 0. The molecule has 0 fully saturated rings. The van der Waals surface area contributed by atoms with E-state index in [1.54, 1.807) is 12.4 Å². The van der Waals surface area contributed by atoms with Crippen molar-refractivity contribution in [2.75, 3.05) is 6.54 Å². The monoisotopic (exact) mass is 250 g/mol. The van der Waals surface area contributed by atoms with Crippen LogP contribution in [-0.4, -0.2) is 28.5 Å². The number of rotatable bonds is 8. The van der Waals surface area contributed by atoms with Gasteiger partial charge in [0.05, 0.1) is 0 Å². The van der Waals surface area contributed by atoms with Gasteiger partial charge >= 0.3 is 5.97 Å². The first-order valence-corrected chi connectivity index (χ1v) is 6.06. The largest absolute Gasteiger partial charge is 0.481 e. The Kier molecular flexibility index (Phi) is 6.46. The van der Waals surface area contributed by atoms with Crippen LogP contribution in [-0.2, 0) is 16.0 Å². The lowest BCUT2D eigenvalue weighted by molar-refractivity contribution is -0.137. The topological polar surface area (TPSA) is 79.3 Å². The molecule has 1 heterocycles. The van der Waals surface area contributed by atoms with Gasteiger partial charge in [-0.1, -0.05) is 6.07 Å². The van der Waals surface area contributed by atoms with Gasteiger partial charge in [0.1, 0.15) is 0 Å². The van der Waals surface area contributed by atoms with Crippen molar-refractivity contribution < 1.29 is 14.7 Å². The summed E-state index contributed by atoms with van der Waals surface area (Å²) in [6.45, 7) is 0.541. The minimum atomic E-state index is -0.794. The van der Waals surface area contributed by atoms with E-state index in [0.717, 1.165) is 5.56 Å². The molecule has 18 heavy (non-hydrogen) atoms. The maximum atomic E-state index is 11.5. The number of aryl methyl sites for hydroxylation is 1. The predicted octanol–water partition coefficient (Wildman–Crippen LogP) is 1.39. The average Bonchev–Trinajstić information content (AvgIpc) is 2.37. The quantitative estimate of drug-likeness (QED) is 0.683. The van der Waals surface area contributed by atoms with Crippen LogP contribution in [0.2, 0.25) is 0 Å². The van der Waals surface area contributed by atoms with E-state index in [2.05, 4.69) is 10.3 Å². The normalized spacial score (nSPS) is 10.0. The van der Waals surface area contributed by atoms with Crippen molar-refractivity contribution in [2.24, 2.45) is 0 Å².